The van der Waals surface area contributed by atoms with Crippen LogP contribution in [0.1, 0.15) is 49.6 Å². The fraction of sp³-hybridized carbons (Fsp3) is 0.250. The average Bonchev–Trinajstić information content (AvgIpc) is 3.52. The molecular formula is C24H22N4O4. The normalized spacial score (nSPS) is 17.7. The number of amides is 3. The van der Waals surface area contributed by atoms with Crippen molar-refractivity contribution >= 4 is 23.4 Å². The zero-order chi connectivity index (χ0) is 22.2. The van der Waals surface area contributed by atoms with Crippen molar-refractivity contribution in [1.29, 1.82) is 0 Å². The molecule has 8 nitrogen and oxygen atoms in total. The standard InChI is InChI=1S/C24H22N4O4/c1-15-9-10-25-28(15)18-5-2-4-17(13-18)26-22(29)16-7-8-20-21(12-16)24(31)27(23(20)30)14-19-6-3-11-32-19/h2,4-5,7-10,12-13,19H,3,6,11,14H2,1H3,(H,26,29). The molecule has 0 spiro atoms. The monoisotopic (exact) mass is 430 g/mol. The van der Waals surface area contributed by atoms with Gasteiger partial charge in [0.2, 0.25) is 0 Å². The first-order valence-electron chi connectivity index (χ1n) is 10.6. The first-order chi connectivity index (χ1) is 15.5. The van der Waals surface area contributed by atoms with Crippen LogP contribution in [0.25, 0.3) is 5.69 Å². The topological polar surface area (TPSA) is 93.5 Å². The van der Waals surface area contributed by atoms with Crippen LogP contribution < -0.4 is 5.32 Å². The number of anilines is 1. The van der Waals surface area contributed by atoms with E-state index in [2.05, 4.69) is 10.4 Å². The molecule has 2 aliphatic heterocycles. The van der Waals surface area contributed by atoms with E-state index < -0.39 is 0 Å². The Morgan fingerprint density at radius 3 is 2.72 bits per heavy atom. The number of benzene rings is 2. The molecule has 1 unspecified atom stereocenters. The van der Waals surface area contributed by atoms with Crippen molar-refractivity contribution < 1.29 is 19.1 Å². The summed E-state index contributed by atoms with van der Waals surface area (Å²) in [6, 6.07) is 13.8. The highest BCUT2D eigenvalue weighted by Gasteiger charge is 2.37. The number of nitrogens with one attached hydrogen (secondary N) is 1. The van der Waals surface area contributed by atoms with Gasteiger partial charge in [0.15, 0.2) is 0 Å². The van der Waals surface area contributed by atoms with E-state index in [9.17, 15) is 14.4 Å². The van der Waals surface area contributed by atoms with Gasteiger partial charge in [-0.05, 0) is 62.2 Å². The Morgan fingerprint density at radius 1 is 1.12 bits per heavy atom. The van der Waals surface area contributed by atoms with Gasteiger partial charge in [-0.15, -0.1) is 0 Å². The summed E-state index contributed by atoms with van der Waals surface area (Å²) in [5.41, 5.74) is 3.28. The number of nitrogens with zero attached hydrogens (tertiary/aromatic N) is 3. The lowest BCUT2D eigenvalue weighted by molar-refractivity contribution is 0.0475. The summed E-state index contributed by atoms with van der Waals surface area (Å²) < 4.78 is 7.34. The van der Waals surface area contributed by atoms with E-state index in [0.29, 0.717) is 23.4 Å². The Labute approximate surface area is 184 Å². The maximum absolute atomic E-state index is 12.9. The summed E-state index contributed by atoms with van der Waals surface area (Å²) in [7, 11) is 0. The first kappa shape index (κ1) is 20.1. The highest BCUT2D eigenvalue weighted by molar-refractivity contribution is 6.22. The van der Waals surface area contributed by atoms with Gasteiger partial charge >= 0.3 is 0 Å². The van der Waals surface area contributed by atoms with Gasteiger partial charge in [0.1, 0.15) is 0 Å². The number of rotatable bonds is 5. The lowest BCUT2D eigenvalue weighted by Crippen LogP contribution is -2.36. The van der Waals surface area contributed by atoms with Gasteiger partial charge in [-0.2, -0.15) is 5.10 Å². The minimum Gasteiger partial charge on any atom is -0.376 e. The van der Waals surface area contributed by atoms with E-state index >= 15 is 0 Å². The molecule has 1 N–H and O–H groups in total. The molecule has 0 saturated carbocycles. The van der Waals surface area contributed by atoms with Crippen molar-refractivity contribution in [1.82, 2.24) is 14.7 Å². The van der Waals surface area contributed by atoms with Crippen LogP contribution in [0.15, 0.2) is 54.7 Å². The van der Waals surface area contributed by atoms with E-state index in [-0.39, 0.29) is 35.9 Å². The maximum Gasteiger partial charge on any atom is 0.261 e. The van der Waals surface area contributed by atoms with Gasteiger partial charge in [-0.1, -0.05) is 6.07 Å². The smallest absolute Gasteiger partial charge is 0.261 e. The molecule has 8 heteroatoms. The van der Waals surface area contributed by atoms with Crippen LogP contribution in [0, 0.1) is 6.92 Å². The fourth-order valence-electron chi connectivity index (χ4n) is 4.15. The zero-order valence-electron chi connectivity index (χ0n) is 17.6. The van der Waals surface area contributed by atoms with Crippen molar-refractivity contribution in [2.24, 2.45) is 0 Å². The minimum absolute atomic E-state index is 0.120. The summed E-state index contributed by atoms with van der Waals surface area (Å²) in [6.07, 6.45) is 3.36. The maximum atomic E-state index is 12.9. The summed E-state index contributed by atoms with van der Waals surface area (Å²) in [5, 5.41) is 7.14. The summed E-state index contributed by atoms with van der Waals surface area (Å²) in [4.78, 5) is 39.6. The van der Waals surface area contributed by atoms with E-state index in [1.807, 2.05) is 31.2 Å². The van der Waals surface area contributed by atoms with Crippen molar-refractivity contribution in [3.05, 3.63) is 77.1 Å². The van der Waals surface area contributed by atoms with Crippen molar-refractivity contribution in [3.8, 4) is 5.69 Å². The third-order valence-electron chi connectivity index (χ3n) is 5.82. The molecule has 1 aromatic heterocycles. The van der Waals surface area contributed by atoms with E-state index in [4.69, 9.17) is 4.74 Å². The predicted molar refractivity (Wildman–Crippen MR) is 117 cm³/mol. The molecule has 3 amide bonds. The second-order valence-corrected chi connectivity index (χ2v) is 8.01. The largest absolute Gasteiger partial charge is 0.376 e. The van der Waals surface area contributed by atoms with Crippen molar-refractivity contribution in [2.45, 2.75) is 25.9 Å². The molecule has 0 radical (unpaired) electrons. The van der Waals surface area contributed by atoms with Gasteiger partial charge in [0, 0.05) is 29.7 Å². The average molecular weight is 430 g/mol. The SMILES string of the molecule is Cc1ccnn1-c1cccc(NC(=O)c2ccc3c(c2)C(=O)N(CC2CCCO2)C3=O)c1. The van der Waals surface area contributed by atoms with E-state index in [1.165, 1.54) is 11.0 Å². The highest BCUT2D eigenvalue weighted by Crippen LogP contribution is 2.26. The molecule has 1 atom stereocenters. The van der Waals surface area contributed by atoms with Gasteiger partial charge in [0.25, 0.3) is 17.7 Å². The van der Waals surface area contributed by atoms with E-state index in [1.54, 1.807) is 29.1 Å². The summed E-state index contributed by atoms with van der Waals surface area (Å²) in [5.74, 6) is -1.08. The second-order valence-electron chi connectivity index (χ2n) is 8.01. The molecule has 3 aromatic rings. The quantitative estimate of drug-likeness (QED) is 0.628. The van der Waals surface area contributed by atoms with Crippen LogP contribution in [0.3, 0.4) is 0 Å². The Bertz CT molecular complexity index is 1230. The number of aromatic nitrogens is 2. The molecule has 3 heterocycles. The van der Waals surface area contributed by atoms with Crippen molar-refractivity contribution in [2.75, 3.05) is 18.5 Å². The van der Waals surface area contributed by atoms with Crippen LogP contribution in [0.4, 0.5) is 5.69 Å². The van der Waals surface area contributed by atoms with Gasteiger partial charge in [-0.25, -0.2) is 4.68 Å². The number of imide groups is 1. The number of carbonyl (C=O) groups is 3. The number of carbonyl (C=O) groups excluding carboxylic acids is 3. The molecule has 162 valence electrons. The van der Waals surface area contributed by atoms with Gasteiger partial charge in [-0.3, -0.25) is 19.3 Å². The van der Waals surface area contributed by atoms with Gasteiger partial charge in [0.05, 0.1) is 29.5 Å². The lowest BCUT2D eigenvalue weighted by atomic mass is 10.1. The number of hydrogen-bond donors (Lipinski definition) is 1. The number of hydrogen-bond acceptors (Lipinski definition) is 5. The molecular weight excluding hydrogens is 408 g/mol. The molecule has 5 rings (SSSR count). The molecule has 2 aromatic carbocycles. The Kier molecular flexibility index (Phi) is 5.07. The Balaban J connectivity index is 1.34. The molecule has 32 heavy (non-hydrogen) atoms. The van der Waals surface area contributed by atoms with E-state index in [0.717, 1.165) is 24.2 Å². The first-order valence-corrected chi connectivity index (χ1v) is 10.6. The molecule has 2 aliphatic rings. The third kappa shape index (κ3) is 3.58. The lowest BCUT2D eigenvalue weighted by Gasteiger charge is -2.17. The molecule has 1 saturated heterocycles. The summed E-state index contributed by atoms with van der Waals surface area (Å²) >= 11 is 0. The molecule has 1 fully saturated rings. The Hall–Kier alpha value is -3.78. The summed E-state index contributed by atoms with van der Waals surface area (Å²) in [6.45, 7) is 2.84. The molecule has 0 bridgehead atoms. The second kappa shape index (κ2) is 8.05. The molecule has 0 aliphatic carbocycles. The third-order valence-corrected chi connectivity index (χ3v) is 5.82. The number of aryl methyl sites for hydroxylation is 1. The fourth-order valence-corrected chi connectivity index (χ4v) is 4.15. The number of fused-ring (bicyclic) bond motifs is 1. The zero-order valence-corrected chi connectivity index (χ0v) is 17.6. The van der Waals surface area contributed by atoms with Crippen LogP contribution in [0.5, 0.6) is 0 Å². The van der Waals surface area contributed by atoms with Crippen molar-refractivity contribution in [3.63, 3.8) is 0 Å². The predicted octanol–water partition coefficient (Wildman–Crippen LogP) is 3.21. The van der Waals surface area contributed by atoms with Crippen LogP contribution in [0.2, 0.25) is 0 Å². The Morgan fingerprint density at radius 2 is 1.97 bits per heavy atom. The van der Waals surface area contributed by atoms with Crippen LogP contribution in [-0.4, -0.2) is 51.7 Å². The number of ether oxygens (including phenoxy) is 1. The van der Waals surface area contributed by atoms with Crippen LogP contribution >= 0.6 is 0 Å². The van der Waals surface area contributed by atoms with Gasteiger partial charge < -0.3 is 10.1 Å². The highest BCUT2D eigenvalue weighted by atomic mass is 16.5. The minimum atomic E-state index is -0.383. The van der Waals surface area contributed by atoms with Crippen LogP contribution in [-0.2, 0) is 4.74 Å².